The average molecular weight is 341 g/mol. The van der Waals surface area contributed by atoms with E-state index in [0.29, 0.717) is 26.2 Å². The topological polar surface area (TPSA) is 79.0 Å². The standard InChI is InChI=1S/C17H31N3O4/c1-13(2)15(22)20-10-6-9-19(11-12-20)14(21)7-8-18-16(23)24-17(3,4)5/h13H,6-12H2,1-5H3,(H,18,23). The van der Waals surface area contributed by atoms with Crippen LogP contribution < -0.4 is 5.32 Å². The van der Waals surface area contributed by atoms with E-state index in [1.54, 1.807) is 25.7 Å². The van der Waals surface area contributed by atoms with Gasteiger partial charge in [0.1, 0.15) is 5.60 Å². The zero-order valence-corrected chi connectivity index (χ0v) is 15.6. The summed E-state index contributed by atoms with van der Waals surface area (Å²) < 4.78 is 5.13. The van der Waals surface area contributed by atoms with Crippen LogP contribution in [0.2, 0.25) is 0 Å². The summed E-state index contributed by atoms with van der Waals surface area (Å²) >= 11 is 0. The highest BCUT2D eigenvalue weighted by Crippen LogP contribution is 2.09. The second-order valence-corrected chi connectivity index (χ2v) is 7.39. The van der Waals surface area contributed by atoms with Crippen LogP contribution in [-0.2, 0) is 14.3 Å². The number of amides is 3. The van der Waals surface area contributed by atoms with Crippen LogP contribution in [0.25, 0.3) is 0 Å². The maximum Gasteiger partial charge on any atom is 0.407 e. The lowest BCUT2D eigenvalue weighted by Gasteiger charge is -2.23. The van der Waals surface area contributed by atoms with Crippen LogP contribution in [0.4, 0.5) is 4.79 Å². The average Bonchev–Trinajstić information content (AvgIpc) is 2.70. The van der Waals surface area contributed by atoms with Crippen molar-refractivity contribution in [2.75, 3.05) is 32.7 Å². The van der Waals surface area contributed by atoms with Crippen molar-refractivity contribution < 1.29 is 19.1 Å². The van der Waals surface area contributed by atoms with Crippen molar-refractivity contribution in [2.45, 2.75) is 53.1 Å². The number of hydrogen-bond acceptors (Lipinski definition) is 4. The third-order valence-corrected chi connectivity index (χ3v) is 3.66. The molecule has 0 aromatic rings. The van der Waals surface area contributed by atoms with E-state index < -0.39 is 11.7 Å². The van der Waals surface area contributed by atoms with Gasteiger partial charge in [0.2, 0.25) is 11.8 Å². The predicted octanol–water partition coefficient (Wildman–Crippen LogP) is 1.62. The number of rotatable bonds is 4. The highest BCUT2D eigenvalue weighted by Gasteiger charge is 2.23. The molecule has 0 unspecified atom stereocenters. The molecule has 24 heavy (non-hydrogen) atoms. The summed E-state index contributed by atoms with van der Waals surface area (Å²) in [4.78, 5) is 39.5. The number of nitrogens with one attached hydrogen (secondary N) is 1. The van der Waals surface area contributed by atoms with Crippen LogP contribution in [0.1, 0.15) is 47.5 Å². The molecule has 0 aromatic carbocycles. The van der Waals surface area contributed by atoms with Crippen molar-refractivity contribution in [3.05, 3.63) is 0 Å². The Morgan fingerprint density at radius 1 is 1.04 bits per heavy atom. The van der Waals surface area contributed by atoms with Gasteiger partial charge >= 0.3 is 6.09 Å². The number of carbonyl (C=O) groups is 3. The third kappa shape index (κ3) is 7.19. The Bertz CT molecular complexity index is 457. The Kier molecular flexibility index (Phi) is 7.51. The summed E-state index contributed by atoms with van der Waals surface area (Å²) in [5, 5.41) is 2.59. The SMILES string of the molecule is CC(C)C(=O)N1CCCN(C(=O)CCNC(=O)OC(C)(C)C)CC1. The van der Waals surface area contributed by atoms with E-state index in [2.05, 4.69) is 5.32 Å². The van der Waals surface area contributed by atoms with Gasteiger partial charge < -0.3 is 19.9 Å². The Hall–Kier alpha value is -1.79. The fourth-order valence-corrected chi connectivity index (χ4v) is 2.50. The molecule has 0 bridgehead atoms. The van der Waals surface area contributed by atoms with E-state index in [1.807, 2.05) is 18.7 Å². The molecule has 1 rings (SSSR count). The van der Waals surface area contributed by atoms with Crippen molar-refractivity contribution in [3.63, 3.8) is 0 Å². The molecule has 1 fully saturated rings. The van der Waals surface area contributed by atoms with Gasteiger partial charge in [0.05, 0.1) is 0 Å². The summed E-state index contributed by atoms with van der Waals surface area (Å²) in [6.07, 6.45) is 0.501. The molecule has 0 aliphatic carbocycles. The lowest BCUT2D eigenvalue weighted by molar-refractivity contribution is -0.135. The van der Waals surface area contributed by atoms with Crippen LogP contribution in [-0.4, -0.2) is 66.0 Å². The van der Waals surface area contributed by atoms with Gasteiger partial charge in [0.15, 0.2) is 0 Å². The van der Waals surface area contributed by atoms with Crippen LogP contribution in [0.5, 0.6) is 0 Å². The van der Waals surface area contributed by atoms with Gasteiger partial charge in [-0.1, -0.05) is 13.8 Å². The minimum Gasteiger partial charge on any atom is -0.444 e. The van der Waals surface area contributed by atoms with E-state index in [-0.39, 0.29) is 30.7 Å². The Morgan fingerprint density at radius 3 is 2.21 bits per heavy atom. The molecular weight excluding hydrogens is 310 g/mol. The van der Waals surface area contributed by atoms with Crippen LogP contribution >= 0.6 is 0 Å². The third-order valence-electron chi connectivity index (χ3n) is 3.66. The normalized spacial score (nSPS) is 15.9. The molecule has 7 nitrogen and oxygen atoms in total. The lowest BCUT2D eigenvalue weighted by Crippen LogP contribution is -2.40. The first-order valence-electron chi connectivity index (χ1n) is 8.63. The zero-order valence-electron chi connectivity index (χ0n) is 15.6. The van der Waals surface area contributed by atoms with Crippen molar-refractivity contribution in [1.29, 1.82) is 0 Å². The maximum atomic E-state index is 12.3. The van der Waals surface area contributed by atoms with Crippen molar-refractivity contribution in [1.82, 2.24) is 15.1 Å². The summed E-state index contributed by atoms with van der Waals surface area (Å²) in [6, 6.07) is 0. The molecule has 1 heterocycles. The second-order valence-electron chi connectivity index (χ2n) is 7.39. The van der Waals surface area contributed by atoms with E-state index in [0.717, 1.165) is 6.42 Å². The van der Waals surface area contributed by atoms with E-state index >= 15 is 0 Å². The Morgan fingerprint density at radius 2 is 1.62 bits per heavy atom. The summed E-state index contributed by atoms with van der Waals surface area (Å²) in [6.45, 7) is 11.9. The largest absolute Gasteiger partial charge is 0.444 e. The van der Waals surface area contributed by atoms with Gasteiger partial charge in [-0.3, -0.25) is 9.59 Å². The van der Waals surface area contributed by atoms with Gasteiger partial charge in [-0.15, -0.1) is 0 Å². The molecule has 0 radical (unpaired) electrons. The fraction of sp³-hybridized carbons (Fsp3) is 0.824. The lowest BCUT2D eigenvalue weighted by atomic mass is 10.2. The first-order valence-corrected chi connectivity index (χ1v) is 8.63. The van der Waals surface area contributed by atoms with Gasteiger partial charge in [0.25, 0.3) is 0 Å². The molecule has 0 atom stereocenters. The monoisotopic (exact) mass is 341 g/mol. The quantitative estimate of drug-likeness (QED) is 0.843. The van der Waals surface area contributed by atoms with Crippen LogP contribution in [0, 0.1) is 5.92 Å². The maximum absolute atomic E-state index is 12.3. The molecule has 7 heteroatoms. The minimum absolute atomic E-state index is 0.00935. The predicted molar refractivity (Wildman–Crippen MR) is 91.5 cm³/mol. The summed E-state index contributed by atoms with van der Waals surface area (Å²) in [5.41, 5.74) is -0.550. The molecule has 1 aliphatic rings. The molecule has 0 aromatic heterocycles. The van der Waals surface area contributed by atoms with E-state index in [1.165, 1.54) is 0 Å². The molecule has 1 N–H and O–H groups in total. The first-order chi connectivity index (χ1) is 11.1. The number of ether oxygens (including phenoxy) is 1. The fourth-order valence-electron chi connectivity index (χ4n) is 2.50. The van der Waals surface area contributed by atoms with Crippen molar-refractivity contribution in [3.8, 4) is 0 Å². The van der Waals surface area contributed by atoms with Crippen molar-refractivity contribution in [2.24, 2.45) is 5.92 Å². The molecule has 1 aliphatic heterocycles. The molecule has 3 amide bonds. The highest BCUT2D eigenvalue weighted by atomic mass is 16.6. The van der Waals surface area contributed by atoms with Crippen molar-refractivity contribution >= 4 is 17.9 Å². The number of hydrogen-bond donors (Lipinski definition) is 1. The van der Waals surface area contributed by atoms with Crippen LogP contribution in [0.3, 0.4) is 0 Å². The Balaban J connectivity index is 2.36. The summed E-state index contributed by atoms with van der Waals surface area (Å²) in [7, 11) is 0. The number of alkyl carbamates (subject to hydrolysis) is 1. The summed E-state index contributed by atoms with van der Waals surface area (Å²) in [5.74, 6) is 0.103. The smallest absolute Gasteiger partial charge is 0.407 e. The van der Waals surface area contributed by atoms with Gasteiger partial charge in [-0.25, -0.2) is 4.79 Å². The molecule has 0 saturated carbocycles. The van der Waals surface area contributed by atoms with E-state index in [4.69, 9.17) is 4.74 Å². The Labute approximate surface area is 144 Å². The highest BCUT2D eigenvalue weighted by molar-refractivity contribution is 5.79. The van der Waals surface area contributed by atoms with E-state index in [9.17, 15) is 14.4 Å². The molecule has 0 spiro atoms. The number of nitrogens with zero attached hydrogens (tertiary/aromatic N) is 2. The first kappa shape index (κ1) is 20.3. The number of carbonyl (C=O) groups excluding carboxylic acids is 3. The van der Waals surface area contributed by atoms with Crippen LogP contribution in [0.15, 0.2) is 0 Å². The molecule has 138 valence electrons. The second kappa shape index (κ2) is 8.89. The molecular formula is C17H31N3O4. The zero-order chi connectivity index (χ0) is 18.3. The molecule has 1 saturated heterocycles. The van der Waals surface area contributed by atoms with Gasteiger partial charge in [-0.2, -0.15) is 0 Å². The minimum atomic E-state index is -0.550. The van der Waals surface area contributed by atoms with Gasteiger partial charge in [0, 0.05) is 45.1 Å². The van der Waals surface area contributed by atoms with Gasteiger partial charge in [-0.05, 0) is 27.2 Å².